The summed E-state index contributed by atoms with van der Waals surface area (Å²) >= 11 is 0. The first-order valence-electron chi connectivity index (χ1n) is 6.33. The minimum Gasteiger partial charge on any atom is -0.481 e. The van der Waals surface area contributed by atoms with Crippen molar-refractivity contribution in [3.8, 4) is 5.88 Å². The van der Waals surface area contributed by atoms with Crippen molar-refractivity contribution < 1.29 is 4.74 Å². The summed E-state index contributed by atoms with van der Waals surface area (Å²) in [4.78, 5) is 4.07. The molecular weight excluding hydrogens is 238 g/mol. The van der Waals surface area contributed by atoms with Crippen molar-refractivity contribution >= 4 is 5.69 Å². The Hall–Kier alpha value is -2.07. The van der Waals surface area contributed by atoms with E-state index in [1.54, 1.807) is 13.3 Å². The number of hydrogen-bond acceptors (Lipinski definition) is 4. The lowest BCUT2D eigenvalue weighted by Crippen LogP contribution is -2.03. The highest BCUT2D eigenvalue weighted by atomic mass is 16.5. The Labute approximate surface area is 113 Å². The molecule has 0 atom stereocenters. The van der Waals surface area contributed by atoms with Gasteiger partial charge in [-0.25, -0.2) is 4.98 Å². The van der Waals surface area contributed by atoms with E-state index in [2.05, 4.69) is 34.6 Å². The number of nitrogens with zero attached hydrogens (tertiary/aromatic N) is 1. The topological polar surface area (TPSA) is 60.2 Å². The summed E-state index contributed by atoms with van der Waals surface area (Å²) in [7, 11) is 1.61. The van der Waals surface area contributed by atoms with Gasteiger partial charge in [0.1, 0.15) is 0 Å². The van der Waals surface area contributed by atoms with Crippen LogP contribution in [0.4, 0.5) is 5.69 Å². The van der Waals surface area contributed by atoms with E-state index in [1.807, 2.05) is 12.1 Å². The van der Waals surface area contributed by atoms with E-state index in [0.717, 1.165) is 18.7 Å². The second kappa shape index (κ2) is 6.75. The Morgan fingerprint density at radius 1 is 1.16 bits per heavy atom. The third-order valence-electron chi connectivity index (χ3n) is 2.90. The lowest BCUT2D eigenvalue weighted by atomic mass is 10.1. The summed E-state index contributed by atoms with van der Waals surface area (Å²) < 4.78 is 5.09. The summed E-state index contributed by atoms with van der Waals surface area (Å²) in [5, 5.41) is 3.34. The monoisotopic (exact) mass is 257 g/mol. The summed E-state index contributed by atoms with van der Waals surface area (Å²) in [6.45, 7) is 1.46. The van der Waals surface area contributed by atoms with E-state index < -0.39 is 0 Å². The standard InChI is InChI=1S/C15H19N3O/c1-19-15-10-14(7-9-17-15)18-11-13-4-2-12(3-5-13)6-8-16/h2-5,7,9-10H,6,8,11,16H2,1H3,(H,17,18). The summed E-state index contributed by atoms with van der Waals surface area (Å²) in [5.41, 5.74) is 9.04. The van der Waals surface area contributed by atoms with E-state index in [-0.39, 0.29) is 0 Å². The molecule has 0 saturated heterocycles. The molecule has 3 N–H and O–H groups in total. The average Bonchev–Trinajstić information content (AvgIpc) is 2.47. The number of hydrogen-bond donors (Lipinski definition) is 2. The van der Waals surface area contributed by atoms with Crippen LogP contribution in [0.5, 0.6) is 5.88 Å². The van der Waals surface area contributed by atoms with Crippen LogP contribution < -0.4 is 15.8 Å². The highest BCUT2D eigenvalue weighted by Crippen LogP contribution is 2.14. The Morgan fingerprint density at radius 2 is 1.89 bits per heavy atom. The van der Waals surface area contributed by atoms with Crippen LogP contribution in [0.1, 0.15) is 11.1 Å². The molecule has 0 unspecified atom stereocenters. The molecule has 100 valence electrons. The maximum atomic E-state index is 5.53. The van der Waals surface area contributed by atoms with Crippen LogP contribution in [0, 0.1) is 0 Å². The smallest absolute Gasteiger partial charge is 0.214 e. The number of pyridine rings is 1. The van der Waals surface area contributed by atoms with Crippen molar-refractivity contribution in [3.05, 3.63) is 53.7 Å². The third-order valence-corrected chi connectivity index (χ3v) is 2.90. The highest BCUT2D eigenvalue weighted by Gasteiger charge is 1.98. The van der Waals surface area contributed by atoms with Gasteiger partial charge in [-0.05, 0) is 30.2 Å². The van der Waals surface area contributed by atoms with Crippen LogP contribution in [0.25, 0.3) is 0 Å². The largest absolute Gasteiger partial charge is 0.481 e. The van der Waals surface area contributed by atoms with Gasteiger partial charge in [-0.2, -0.15) is 0 Å². The zero-order valence-corrected chi connectivity index (χ0v) is 11.1. The number of nitrogens with one attached hydrogen (secondary N) is 1. The van der Waals surface area contributed by atoms with E-state index in [0.29, 0.717) is 12.4 Å². The molecule has 0 spiro atoms. The quantitative estimate of drug-likeness (QED) is 0.833. The second-order valence-electron chi connectivity index (χ2n) is 4.30. The normalized spacial score (nSPS) is 10.2. The lowest BCUT2D eigenvalue weighted by molar-refractivity contribution is 0.398. The van der Waals surface area contributed by atoms with Gasteiger partial charge in [0.2, 0.25) is 5.88 Å². The molecule has 19 heavy (non-hydrogen) atoms. The number of anilines is 1. The minimum atomic E-state index is 0.614. The van der Waals surface area contributed by atoms with Gasteiger partial charge in [0.15, 0.2) is 0 Å². The predicted molar refractivity (Wildman–Crippen MR) is 77.3 cm³/mol. The Kier molecular flexibility index (Phi) is 4.75. The number of nitrogens with two attached hydrogens (primary N) is 1. The van der Waals surface area contributed by atoms with E-state index in [1.165, 1.54) is 11.1 Å². The molecule has 0 aliphatic heterocycles. The van der Waals surface area contributed by atoms with Crippen molar-refractivity contribution in [1.82, 2.24) is 4.98 Å². The van der Waals surface area contributed by atoms with Gasteiger partial charge < -0.3 is 15.8 Å². The first-order chi connectivity index (χ1) is 9.31. The van der Waals surface area contributed by atoms with E-state index >= 15 is 0 Å². The molecule has 2 aromatic rings. The number of aromatic nitrogens is 1. The van der Waals surface area contributed by atoms with Crippen molar-refractivity contribution in [1.29, 1.82) is 0 Å². The molecule has 0 aliphatic rings. The molecule has 0 aliphatic carbocycles. The molecule has 1 aromatic heterocycles. The van der Waals surface area contributed by atoms with E-state index in [4.69, 9.17) is 10.5 Å². The van der Waals surface area contributed by atoms with Gasteiger partial charge >= 0.3 is 0 Å². The van der Waals surface area contributed by atoms with Crippen LogP contribution >= 0.6 is 0 Å². The van der Waals surface area contributed by atoms with Gasteiger partial charge in [-0.15, -0.1) is 0 Å². The summed E-state index contributed by atoms with van der Waals surface area (Å²) in [5.74, 6) is 0.614. The fourth-order valence-corrected chi connectivity index (χ4v) is 1.83. The summed E-state index contributed by atoms with van der Waals surface area (Å²) in [6.07, 6.45) is 2.65. The Bertz CT molecular complexity index is 511. The van der Waals surface area contributed by atoms with Crippen LogP contribution in [-0.4, -0.2) is 18.6 Å². The molecule has 4 heteroatoms. The predicted octanol–water partition coefficient (Wildman–Crippen LogP) is 2.20. The zero-order valence-electron chi connectivity index (χ0n) is 11.1. The fraction of sp³-hybridized carbons (Fsp3) is 0.267. The molecule has 0 saturated carbocycles. The Balaban J connectivity index is 1.94. The maximum Gasteiger partial charge on any atom is 0.214 e. The van der Waals surface area contributed by atoms with Crippen molar-refractivity contribution in [2.45, 2.75) is 13.0 Å². The fourth-order valence-electron chi connectivity index (χ4n) is 1.83. The number of benzene rings is 1. The van der Waals surface area contributed by atoms with Crippen LogP contribution in [-0.2, 0) is 13.0 Å². The first kappa shape index (κ1) is 13.4. The van der Waals surface area contributed by atoms with Gasteiger partial charge in [0, 0.05) is 24.5 Å². The number of rotatable bonds is 6. The molecule has 2 rings (SSSR count). The van der Waals surface area contributed by atoms with Gasteiger partial charge in [0.25, 0.3) is 0 Å². The first-order valence-corrected chi connectivity index (χ1v) is 6.33. The molecule has 0 radical (unpaired) electrons. The molecule has 0 fully saturated rings. The number of methoxy groups -OCH3 is 1. The van der Waals surface area contributed by atoms with Crippen LogP contribution in [0.15, 0.2) is 42.6 Å². The molecule has 4 nitrogen and oxygen atoms in total. The number of ether oxygens (including phenoxy) is 1. The Morgan fingerprint density at radius 3 is 2.58 bits per heavy atom. The molecule has 0 bridgehead atoms. The average molecular weight is 257 g/mol. The third kappa shape index (κ3) is 3.96. The summed E-state index contributed by atoms with van der Waals surface area (Å²) in [6, 6.07) is 12.3. The van der Waals surface area contributed by atoms with Crippen molar-refractivity contribution in [2.24, 2.45) is 5.73 Å². The highest BCUT2D eigenvalue weighted by molar-refractivity contribution is 5.45. The second-order valence-corrected chi connectivity index (χ2v) is 4.30. The minimum absolute atomic E-state index is 0.614. The zero-order chi connectivity index (χ0) is 13.5. The molecule has 1 heterocycles. The van der Waals surface area contributed by atoms with Gasteiger partial charge in [-0.3, -0.25) is 0 Å². The van der Waals surface area contributed by atoms with Crippen LogP contribution in [0.2, 0.25) is 0 Å². The van der Waals surface area contributed by atoms with Crippen molar-refractivity contribution in [3.63, 3.8) is 0 Å². The van der Waals surface area contributed by atoms with Crippen molar-refractivity contribution in [2.75, 3.05) is 19.0 Å². The lowest BCUT2D eigenvalue weighted by Gasteiger charge is -2.08. The van der Waals surface area contributed by atoms with Gasteiger partial charge in [0.05, 0.1) is 7.11 Å². The SMILES string of the molecule is COc1cc(NCc2ccc(CCN)cc2)ccn1. The maximum absolute atomic E-state index is 5.53. The van der Waals surface area contributed by atoms with Gasteiger partial charge in [-0.1, -0.05) is 24.3 Å². The molecule has 0 amide bonds. The van der Waals surface area contributed by atoms with E-state index in [9.17, 15) is 0 Å². The van der Waals surface area contributed by atoms with Crippen LogP contribution in [0.3, 0.4) is 0 Å². The molecular formula is C15H19N3O. The molecule has 1 aromatic carbocycles.